The summed E-state index contributed by atoms with van der Waals surface area (Å²) < 4.78 is 6.51. The van der Waals surface area contributed by atoms with E-state index in [0.29, 0.717) is 18.4 Å². The van der Waals surface area contributed by atoms with E-state index in [0.717, 1.165) is 48.0 Å². The first-order valence-electron chi connectivity index (χ1n) is 9.60. The van der Waals surface area contributed by atoms with Crippen LogP contribution in [0.25, 0.3) is 0 Å². The largest absolute Gasteiger partial charge is 0.369 e. The number of aromatic nitrogens is 2. The van der Waals surface area contributed by atoms with E-state index in [2.05, 4.69) is 27.1 Å². The summed E-state index contributed by atoms with van der Waals surface area (Å²) in [7, 11) is 0. The molecule has 5 rings (SSSR count). The molecule has 1 N–H and O–H groups in total. The molecular formula is C20H24N4O2S. The number of carbonyl (C=O) groups excluding carboxylic acids is 1. The van der Waals surface area contributed by atoms with Gasteiger partial charge < -0.3 is 15.0 Å². The van der Waals surface area contributed by atoms with E-state index in [4.69, 9.17) is 4.74 Å². The van der Waals surface area contributed by atoms with E-state index in [1.54, 1.807) is 0 Å². The smallest absolute Gasteiger partial charge is 0.261 e. The van der Waals surface area contributed by atoms with Gasteiger partial charge in [-0.05, 0) is 38.1 Å². The van der Waals surface area contributed by atoms with Gasteiger partial charge in [-0.15, -0.1) is 11.3 Å². The predicted molar refractivity (Wildman–Crippen MR) is 104 cm³/mol. The van der Waals surface area contributed by atoms with Crippen LogP contribution in [0.3, 0.4) is 0 Å². The van der Waals surface area contributed by atoms with E-state index in [-0.39, 0.29) is 17.6 Å². The molecule has 0 saturated carbocycles. The summed E-state index contributed by atoms with van der Waals surface area (Å²) in [5.74, 6) is 2.67. The number of hydrogen-bond donors (Lipinski definition) is 1. The first-order valence-corrected chi connectivity index (χ1v) is 10.5. The van der Waals surface area contributed by atoms with Gasteiger partial charge in [0.2, 0.25) is 0 Å². The molecule has 27 heavy (non-hydrogen) atoms. The first-order chi connectivity index (χ1) is 13.1. The molecular weight excluding hydrogens is 360 g/mol. The van der Waals surface area contributed by atoms with Crippen LogP contribution in [0.2, 0.25) is 0 Å². The average molecular weight is 385 g/mol. The number of nitrogens with zero attached hydrogens (tertiary/aromatic N) is 3. The molecule has 5 heterocycles. The van der Waals surface area contributed by atoms with Crippen molar-refractivity contribution in [2.24, 2.45) is 11.8 Å². The Morgan fingerprint density at radius 1 is 1.48 bits per heavy atom. The van der Waals surface area contributed by atoms with Gasteiger partial charge in [-0.25, -0.2) is 9.97 Å². The van der Waals surface area contributed by atoms with Crippen LogP contribution in [0.15, 0.2) is 23.7 Å². The van der Waals surface area contributed by atoms with Crippen molar-refractivity contribution in [1.82, 2.24) is 15.3 Å². The van der Waals surface area contributed by atoms with E-state index < -0.39 is 0 Å². The molecule has 0 unspecified atom stereocenters. The summed E-state index contributed by atoms with van der Waals surface area (Å²) in [6.45, 7) is 6.51. The van der Waals surface area contributed by atoms with E-state index >= 15 is 0 Å². The lowest BCUT2D eigenvalue weighted by atomic mass is 9.73. The van der Waals surface area contributed by atoms with Crippen molar-refractivity contribution in [2.45, 2.75) is 38.4 Å². The van der Waals surface area contributed by atoms with E-state index in [1.165, 1.54) is 11.3 Å². The van der Waals surface area contributed by atoms with Crippen molar-refractivity contribution in [3.8, 4) is 0 Å². The molecule has 142 valence electrons. The zero-order valence-electron chi connectivity index (χ0n) is 15.6. The Bertz CT molecular complexity index is 871. The van der Waals surface area contributed by atoms with Crippen molar-refractivity contribution in [2.75, 3.05) is 24.5 Å². The molecule has 2 aromatic rings. The van der Waals surface area contributed by atoms with Crippen LogP contribution >= 0.6 is 11.3 Å². The van der Waals surface area contributed by atoms with Gasteiger partial charge in [0.15, 0.2) is 0 Å². The molecule has 0 aliphatic carbocycles. The Hall–Kier alpha value is -1.99. The van der Waals surface area contributed by atoms with E-state index in [1.807, 2.05) is 30.6 Å². The Kier molecular flexibility index (Phi) is 3.98. The molecule has 3 aliphatic rings. The molecule has 3 aliphatic heterocycles. The number of fused-ring (bicyclic) bond motifs is 1. The average Bonchev–Trinajstić information content (AvgIpc) is 3.42. The maximum Gasteiger partial charge on any atom is 0.261 e. The Balaban J connectivity index is 1.33. The molecule has 2 aromatic heterocycles. The van der Waals surface area contributed by atoms with Crippen molar-refractivity contribution >= 4 is 23.1 Å². The second-order valence-corrected chi connectivity index (χ2v) is 8.97. The lowest BCUT2D eigenvalue weighted by Gasteiger charge is -2.29. The van der Waals surface area contributed by atoms with E-state index in [9.17, 15) is 4.79 Å². The van der Waals surface area contributed by atoms with Crippen LogP contribution in [-0.4, -0.2) is 47.2 Å². The second kappa shape index (κ2) is 6.27. The molecule has 3 fully saturated rings. The number of anilines is 1. The van der Waals surface area contributed by atoms with Gasteiger partial charge in [0, 0.05) is 43.2 Å². The summed E-state index contributed by atoms with van der Waals surface area (Å²) in [5, 5.41) is 5.08. The zero-order valence-corrected chi connectivity index (χ0v) is 16.5. The fourth-order valence-corrected chi connectivity index (χ4v) is 5.81. The number of amides is 1. The predicted octanol–water partition coefficient (Wildman–Crippen LogP) is 2.57. The number of hydrogen-bond acceptors (Lipinski definition) is 6. The summed E-state index contributed by atoms with van der Waals surface area (Å²) >= 11 is 1.48. The number of ether oxygens (including phenoxy) is 1. The van der Waals surface area contributed by atoms with Crippen molar-refractivity contribution in [3.63, 3.8) is 0 Å². The van der Waals surface area contributed by atoms with Gasteiger partial charge in [0.1, 0.15) is 11.6 Å². The number of rotatable bonds is 4. The lowest BCUT2D eigenvalue weighted by Crippen LogP contribution is -2.41. The van der Waals surface area contributed by atoms with Crippen LogP contribution < -0.4 is 10.2 Å². The molecule has 0 aromatic carbocycles. The fraction of sp³-hybridized carbons (Fsp3) is 0.550. The molecule has 7 heteroatoms. The molecule has 3 saturated heterocycles. The first kappa shape index (κ1) is 17.1. The van der Waals surface area contributed by atoms with Gasteiger partial charge in [-0.3, -0.25) is 4.79 Å². The van der Waals surface area contributed by atoms with Gasteiger partial charge >= 0.3 is 0 Å². The van der Waals surface area contributed by atoms with Crippen LogP contribution in [0.1, 0.15) is 33.9 Å². The standard InChI is InChI=1S/C20H24N4O2S/c1-12-8-21-13(2)23-18(12)24-10-15-14(16-5-6-20(15,11-24)26-16)9-22-19(25)17-4-3-7-27-17/h3-4,7-8,14-16H,5-6,9-11H2,1-2H3,(H,22,25)/t14-,15+,16+,20+/m0/s1. The summed E-state index contributed by atoms with van der Waals surface area (Å²) in [6.07, 6.45) is 4.37. The SMILES string of the molecule is Cc1ncc(C)c(N2C[C@@H]3[C@H](CNC(=O)c4cccs4)[C@H]4CC[C@]3(C2)O4)n1. The normalized spacial score (nSPS) is 31.3. The topological polar surface area (TPSA) is 67.4 Å². The molecule has 0 radical (unpaired) electrons. The van der Waals surface area contributed by atoms with Crippen LogP contribution in [0, 0.1) is 25.7 Å². The molecule has 2 bridgehead atoms. The quantitative estimate of drug-likeness (QED) is 0.878. The minimum absolute atomic E-state index is 0.0268. The monoisotopic (exact) mass is 384 g/mol. The summed E-state index contributed by atoms with van der Waals surface area (Å²) in [6, 6.07) is 3.78. The van der Waals surface area contributed by atoms with Crippen molar-refractivity contribution < 1.29 is 9.53 Å². The third kappa shape index (κ3) is 2.75. The third-order valence-electron chi connectivity index (χ3n) is 6.39. The molecule has 1 spiro atoms. The molecule has 1 amide bonds. The van der Waals surface area contributed by atoms with Crippen LogP contribution in [0.5, 0.6) is 0 Å². The maximum atomic E-state index is 12.4. The highest BCUT2D eigenvalue weighted by Crippen LogP contribution is 2.55. The van der Waals surface area contributed by atoms with Crippen LogP contribution in [0.4, 0.5) is 5.82 Å². The Labute approximate surface area is 163 Å². The Morgan fingerprint density at radius 2 is 2.37 bits per heavy atom. The summed E-state index contributed by atoms with van der Waals surface area (Å²) in [5.41, 5.74) is 1.03. The fourth-order valence-electron chi connectivity index (χ4n) is 5.17. The van der Waals surface area contributed by atoms with Gasteiger partial charge in [-0.2, -0.15) is 0 Å². The van der Waals surface area contributed by atoms with Gasteiger partial charge in [-0.1, -0.05) is 6.07 Å². The number of carbonyl (C=O) groups is 1. The van der Waals surface area contributed by atoms with Crippen molar-refractivity contribution in [3.05, 3.63) is 40.0 Å². The molecule has 6 nitrogen and oxygen atoms in total. The number of thiophene rings is 1. The lowest BCUT2D eigenvalue weighted by molar-refractivity contribution is 0.0141. The van der Waals surface area contributed by atoms with Crippen LogP contribution in [-0.2, 0) is 4.74 Å². The maximum absolute atomic E-state index is 12.4. The summed E-state index contributed by atoms with van der Waals surface area (Å²) in [4.78, 5) is 24.5. The zero-order chi connectivity index (χ0) is 18.6. The highest BCUT2D eigenvalue weighted by molar-refractivity contribution is 7.12. The molecule has 4 atom stereocenters. The highest BCUT2D eigenvalue weighted by atomic mass is 32.1. The minimum atomic E-state index is -0.0751. The van der Waals surface area contributed by atoms with Gasteiger partial charge in [0.05, 0.1) is 16.6 Å². The highest BCUT2D eigenvalue weighted by Gasteiger charge is 2.63. The minimum Gasteiger partial charge on any atom is -0.369 e. The van der Waals surface area contributed by atoms with Crippen molar-refractivity contribution in [1.29, 1.82) is 0 Å². The van der Waals surface area contributed by atoms with Gasteiger partial charge in [0.25, 0.3) is 5.91 Å². The third-order valence-corrected chi connectivity index (χ3v) is 7.26. The Morgan fingerprint density at radius 3 is 3.19 bits per heavy atom. The second-order valence-electron chi connectivity index (χ2n) is 8.02. The number of nitrogens with one attached hydrogen (secondary N) is 1. The number of aryl methyl sites for hydroxylation is 2.